The van der Waals surface area contributed by atoms with Crippen molar-refractivity contribution in [2.75, 3.05) is 20.3 Å². The predicted molar refractivity (Wildman–Crippen MR) is 68.6 cm³/mol. The van der Waals surface area contributed by atoms with Gasteiger partial charge < -0.3 is 9.47 Å². The molecule has 1 aliphatic heterocycles. The lowest BCUT2D eigenvalue weighted by Gasteiger charge is -2.17. The van der Waals surface area contributed by atoms with Gasteiger partial charge in [0.25, 0.3) is 0 Å². The molecule has 0 aliphatic carbocycles. The molecule has 2 atom stereocenters. The Morgan fingerprint density at radius 1 is 1.56 bits per heavy atom. The summed E-state index contributed by atoms with van der Waals surface area (Å²) in [5, 5.41) is 0.744. The highest BCUT2D eigenvalue weighted by Crippen LogP contribution is 2.40. The van der Waals surface area contributed by atoms with E-state index in [1.165, 1.54) is 0 Å². The fourth-order valence-corrected chi connectivity index (χ4v) is 3.13. The highest BCUT2D eigenvalue weighted by atomic mass is 79.9. The van der Waals surface area contributed by atoms with Crippen LogP contribution in [0.3, 0.4) is 0 Å². The first kappa shape index (κ1) is 12.2. The average Bonchev–Trinajstić information content (AvgIpc) is 2.81. The van der Waals surface area contributed by atoms with Crippen molar-refractivity contribution in [3.05, 3.63) is 28.8 Å². The van der Waals surface area contributed by atoms with Gasteiger partial charge in [0.05, 0.1) is 13.7 Å². The van der Waals surface area contributed by atoms with Crippen LogP contribution >= 0.6 is 27.5 Å². The van der Waals surface area contributed by atoms with Crippen LogP contribution in [-0.4, -0.2) is 20.3 Å². The van der Waals surface area contributed by atoms with Gasteiger partial charge in [-0.05, 0) is 24.1 Å². The van der Waals surface area contributed by atoms with Gasteiger partial charge in [0.2, 0.25) is 0 Å². The third-order valence-corrected chi connectivity index (χ3v) is 4.45. The van der Waals surface area contributed by atoms with Crippen LogP contribution in [0.5, 0.6) is 5.75 Å². The molecule has 0 spiro atoms. The molecule has 2 rings (SSSR count). The molecule has 1 aliphatic rings. The molecular formula is C12H14BrClO2. The Hall–Kier alpha value is -0.250. The highest BCUT2D eigenvalue weighted by Gasteiger charge is 2.26. The molecule has 88 valence electrons. The molecule has 0 radical (unpaired) electrons. The molecule has 16 heavy (non-hydrogen) atoms. The van der Waals surface area contributed by atoms with Crippen LogP contribution < -0.4 is 4.74 Å². The molecule has 2 unspecified atom stereocenters. The predicted octanol–water partition coefficient (Wildman–Crippen LogP) is 3.82. The minimum atomic E-state index is 0.258. The van der Waals surface area contributed by atoms with Gasteiger partial charge in [-0.3, -0.25) is 0 Å². The molecule has 0 amide bonds. The topological polar surface area (TPSA) is 18.5 Å². The van der Waals surface area contributed by atoms with Crippen molar-refractivity contribution >= 4 is 27.5 Å². The van der Waals surface area contributed by atoms with Crippen LogP contribution in [-0.2, 0) is 4.74 Å². The molecule has 1 fully saturated rings. The summed E-state index contributed by atoms with van der Waals surface area (Å²) in [5.74, 6) is 1.29. The van der Waals surface area contributed by atoms with Gasteiger partial charge in [0.1, 0.15) is 5.75 Å². The van der Waals surface area contributed by atoms with Crippen molar-refractivity contribution < 1.29 is 9.47 Å². The summed E-state index contributed by atoms with van der Waals surface area (Å²) in [6.07, 6.45) is 1.08. The van der Waals surface area contributed by atoms with E-state index >= 15 is 0 Å². The van der Waals surface area contributed by atoms with Crippen molar-refractivity contribution in [1.29, 1.82) is 0 Å². The molecule has 4 heteroatoms. The number of ether oxygens (including phenoxy) is 2. The Kier molecular flexibility index (Phi) is 4.11. The van der Waals surface area contributed by atoms with Gasteiger partial charge >= 0.3 is 0 Å². The van der Waals surface area contributed by atoms with Crippen molar-refractivity contribution in [3.63, 3.8) is 0 Å². The van der Waals surface area contributed by atoms with Crippen LogP contribution in [0.15, 0.2) is 18.2 Å². The van der Waals surface area contributed by atoms with Gasteiger partial charge in [-0.1, -0.05) is 33.6 Å². The summed E-state index contributed by atoms with van der Waals surface area (Å²) in [5.41, 5.74) is 1.11. The summed E-state index contributed by atoms with van der Waals surface area (Å²) >= 11 is 9.94. The first-order valence-electron chi connectivity index (χ1n) is 5.27. The first-order valence-corrected chi connectivity index (χ1v) is 6.57. The Morgan fingerprint density at radius 3 is 2.94 bits per heavy atom. The monoisotopic (exact) mass is 304 g/mol. The van der Waals surface area contributed by atoms with E-state index in [0.29, 0.717) is 5.92 Å². The summed E-state index contributed by atoms with van der Waals surface area (Å²) in [6.45, 7) is 1.65. The van der Waals surface area contributed by atoms with Crippen LogP contribution in [0.1, 0.15) is 16.8 Å². The van der Waals surface area contributed by atoms with Gasteiger partial charge in [-0.25, -0.2) is 0 Å². The minimum Gasteiger partial charge on any atom is -0.497 e. The third-order valence-electron chi connectivity index (χ3n) is 2.88. The summed E-state index contributed by atoms with van der Waals surface area (Å²) in [7, 11) is 1.64. The summed E-state index contributed by atoms with van der Waals surface area (Å²) in [6, 6.07) is 5.80. The molecule has 2 nitrogen and oxygen atoms in total. The lowest BCUT2D eigenvalue weighted by molar-refractivity contribution is 0.185. The fourth-order valence-electron chi connectivity index (χ4n) is 1.90. The molecule has 0 saturated carbocycles. The number of hydrogen-bond acceptors (Lipinski definition) is 2. The second-order valence-electron chi connectivity index (χ2n) is 3.91. The SMILES string of the molecule is COc1ccc(C(Br)C2CCOC2)c(Cl)c1. The number of rotatable bonds is 3. The van der Waals surface area contributed by atoms with E-state index in [0.717, 1.165) is 36.0 Å². The van der Waals surface area contributed by atoms with E-state index in [1.54, 1.807) is 7.11 Å². The normalized spacial score (nSPS) is 22.1. The zero-order valence-electron chi connectivity index (χ0n) is 9.08. The van der Waals surface area contributed by atoms with E-state index in [4.69, 9.17) is 21.1 Å². The van der Waals surface area contributed by atoms with Crippen LogP contribution in [0.25, 0.3) is 0 Å². The van der Waals surface area contributed by atoms with Crippen LogP contribution in [0.2, 0.25) is 5.02 Å². The summed E-state index contributed by atoms with van der Waals surface area (Å²) in [4.78, 5) is 0.258. The van der Waals surface area contributed by atoms with Gasteiger partial charge in [0, 0.05) is 22.4 Å². The second kappa shape index (κ2) is 5.39. The lowest BCUT2D eigenvalue weighted by atomic mass is 9.98. The smallest absolute Gasteiger partial charge is 0.120 e. The number of hydrogen-bond donors (Lipinski definition) is 0. The molecule has 0 N–H and O–H groups in total. The molecule has 0 aromatic heterocycles. The van der Waals surface area contributed by atoms with Crippen molar-refractivity contribution in [1.82, 2.24) is 0 Å². The second-order valence-corrected chi connectivity index (χ2v) is 5.31. The Morgan fingerprint density at radius 2 is 2.38 bits per heavy atom. The fraction of sp³-hybridized carbons (Fsp3) is 0.500. The largest absolute Gasteiger partial charge is 0.497 e. The number of halogens is 2. The zero-order valence-corrected chi connectivity index (χ0v) is 11.4. The van der Waals surface area contributed by atoms with E-state index in [1.807, 2.05) is 18.2 Å². The van der Waals surface area contributed by atoms with E-state index in [9.17, 15) is 0 Å². The van der Waals surface area contributed by atoms with Gasteiger partial charge in [-0.2, -0.15) is 0 Å². The Bertz CT molecular complexity index is 364. The number of methoxy groups -OCH3 is 1. The van der Waals surface area contributed by atoms with Crippen molar-refractivity contribution in [3.8, 4) is 5.75 Å². The standard InChI is InChI=1S/C12H14BrClO2/c1-15-9-2-3-10(11(14)6-9)12(13)8-4-5-16-7-8/h2-3,6,8,12H,4-5,7H2,1H3. The maximum Gasteiger partial charge on any atom is 0.120 e. The molecule has 1 saturated heterocycles. The highest BCUT2D eigenvalue weighted by molar-refractivity contribution is 9.09. The first-order chi connectivity index (χ1) is 7.72. The molecule has 1 aromatic rings. The molecule has 1 heterocycles. The summed E-state index contributed by atoms with van der Waals surface area (Å²) < 4.78 is 10.5. The third kappa shape index (κ3) is 2.53. The van der Waals surface area contributed by atoms with Crippen LogP contribution in [0, 0.1) is 5.92 Å². The quantitative estimate of drug-likeness (QED) is 0.790. The maximum atomic E-state index is 6.23. The number of alkyl halides is 1. The van der Waals surface area contributed by atoms with E-state index in [2.05, 4.69) is 15.9 Å². The average molecular weight is 306 g/mol. The zero-order chi connectivity index (χ0) is 11.5. The lowest BCUT2D eigenvalue weighted by Crippen LogP contribution is -2.07. The van der Waals surface area contributed by atoms with E-state index in [-0.39, 0.29) is 4.83 Å². The Balaban J connectivity index is 2.19. The molecular weight excluding hydrogens is 291 g/mol. The van der Waals surface area contributed by atoms with Crippen LogP contribution in [0.4, 0.5) is 0 Å². The maximum absolute atomic E-state index is 6.23. The minimum absolute atomic E-state index is 0.258. The van der Waals surface area contributed by atoms with Gasteiger partial charge in [0.15, 0.2) is 0 Å². The van der Waals surface area contributed by atoms with Crippen molar-refractivity contribution in [2.45, 2.75) is 11.2 Å². The van der Waals surface area contributed by atoms with Gasteiger partial charge in [-0.15, -0.1) is 0 Å². The molecule has 1 aromatic carbocycles. The number of benzene rings is 1. The van der Waals surface area contributed by atoms with Crippen molar-refractivity contribution in [2.24, 2.45) is 5.92 Å². The molecule has 0 bridgehead atoms. The Labute approximate surface area is 109 Å². The van der Waals surface area contributed by atoms with E-state index < -0.39 is 0 Å².